The molecule has 43 heavy (non-hydrogen) atoms. The summed E-state index contributed by atoms with van der Waals surface area (Å²) in [5.74, 6) is 1.62. The number of phenols is 1. The minimum atomic E-state index is -0.624. The molecule has 5 rings (SSSR count). The minimum Gasteiger partial charge on any atom is -0.508 e. The zero-order valence-electron chi connectivity index (χ0n) is 26.4. The first kappa shape index (κ1) is 30.9. The number of pyridine rings is 1. The van der Waals surface area contributed by atoms with Gasteiger partial charge in [0.25, 0.3) is 5.91 Å². The highest BCUT2D eigenvalue weighted by Gasteiger charge is 2.33. The number of aromatic nitrogens is 1. The lowest BCUT2D eigenvalue weighted by atomic mass is 9.92. The summed E-state index contributed by atoms with van der Waals surface area (Å²) in [5.41, 5.74) is 1.97. The topological polar surface area (TPSA) is 110 Å². The van der Waals surface area contributed by atoms with Crippen LogP contribution in [0.2, 0.25) is 0 Å². The molecule has 1 atom stereocenters. The van der Waals surface area contributed by atoms with Crippen molar-refractivity contribution in [3.05, 3.63) is 47.0 Å². The molecule has 3 N–H and O–H groups in total. The molecule has 2 aliphatic heterocycles. The molecule has 2 aromatic rings. The van der Waals surface area contributed by atoms with Gasteiger partial charge in [-0.2, -0.15) is 0 Å². The maximum absolute atomic E-state index is 13.5. The van der Waals surface area contributed by atoms with Gasteiger partial charge in [0.1, 0.15) is 23.0 Å². The standard InChI is InChI=1S/C33H48N6O4/c1-22(2)37-13-15-38(16-14-37)30-20-24(19-29(36-30)35-26-7-6-8-26)31(41)34-12-11-27-17-23-9-10-28(40)18-25(23)21-39(27)32(42)43-33(3,4)5/h9-10,18-20,22,26-27,40H,6-8,11-17,21H2,1-5H3,(H,34,41)(H,35,36)/t27-/m1/s1. The Morgan fingerprint density at radius 2 is 1.81 bits per heavy atom. The second-order valence-electron chi connectivity index (χ2n) is 13.5. The van der Waals surface area contributed by atoms with E-state index in [4.69, 9.17) is 9.72 Å². The van der Waals surface area contributed by atoms with E-state index in [0.717, 1.165) is 61.8 Å². The molecule has 0 spiro atoms. The second kappa shape index (κ2) is 13.0. The van der Waals surface area contributed by atoms with E-state index in [9.17, 15) is 14.7 Å². The van der Waals surface area contributed by atoms with Crippen LogP contribution in [0.5, 0.6) is 5.75 Å². The Balaban J connectivity index is 1.27. The molecule has 0 radical (unpaired) electrons. The molecule has 2 fully saturated rings. The number of phenolic OH excluding ortho intramolecular Hbond substituents is 1. The van der Waals surface area contributed by atoms with Gasteiger partial charge >= 0.3 is 6.09 Å². The summed E-state index contributed by atoms with van der Waals surface area (Å²) in [7, 11) is 0. The summed E-state index contributed by atoms with van der Waals surface area (Å²) in [6, 6.07) is 9.85. The van der Waals surface area contributed by atoms with E-state index in [1.54, 1.807) is 17.0 Å². The largest absolute Gasteiger partial charge is 0.508 e. The number of nitrogens with one attached hydrogen (secondary N) is 2. The number of benzene rings is 1. The number of rotatable bonds is 8. The van der Waals surface area contributed by atoms with Crippen LogP contribution in [0.15, 0.2) is 30.3 Å². The van der Waals surface area contributed by atoms with Crippen molar-refractivity contribution in [2.75, 3.05) is 42.9 Å². The Kier molecular flexibility index (Phi) is 9.34. The van der Waals surface area contributed by atoms with Crippen molar-refractivity contribution in [2.24, 2.45) is 0 Å². The highest BCUT2D eigenvalue weighted by Crippen LogP contribution is 2.30. The first-order valence-electron chi connectivity index (χ1n) is 15.8. The van der Waals surface area contributed by atoms with E-state index in [1.807, 2.05) is 39.0 Å². The van der Waals surface area contributed by atoms with Crippen LogP contribution in [-0.4, -0.2) is 88.3 Å². The van der Waals surface area contributed by atoms with Gasteiger partial charge in [-0.15, -0.1) is 0 Å². The van der Waals surface area contributed by atoms with E-state index < -0.39 is 5.60 Å². The van der Waals surface area contributed by atoms with E-state index in [2.05, 4.69) is 34.3 Å². The van der Waals surface area contributed by atoms with Gasteiger partial charge in [0.05, 0.1) is 0 Å². The van der Waals surface area contributed by atoms with Gasteiger partial charge in [0.2, 0.25) is 0 Å². The van der Waals surface area contributed by atoms with E-state index in [1.165, 1.54) is 6.42 Å². The van der Waals surface area contributed by atoms with Crippen LogP contribution in [0.25, 0.3) is 0 Å². The number of aromatic hydroxyl groups is 1. The number of amides is 2. The van der Waals surface area contributed by atoms with Gasteiger partial charge in [-0.25, -0.2) is 9.78 Å². The normalized spacial score (nSPS) is 19.5. The van der Waals surface area contributed by atoms with Crippen LogP contribution < -0.4 is 15.5 Å². The summed E-state index contributed by atoms with van der Waals surface area (Å²) >= 11 is 0. The fraction of sp³-hybridized carbons (Fsp3) is 0.606. The summed E-state index contributed by atoms with van der Waals surface area (Å²) in [6.45, 7) is 14.5. The van der Waals surface area contributed by atoms with Crippen LogP contribution in [0, 0.1) is 0 Å². The lowest BCUT2D eigenvalue weighted by Crippen LogP contribution is -2.49. The third-order valence-electron chi connectivity index (χ3n) is 8.72. The molecule has 1 saturated carbocycles. The van der Waals surface area contributed by atoms with Crippen molar-refractivity contribution in [3.63, 3.8) is 0 Å². The van der Waals surface area contributed by atoms with Gasteiger partial charge < -0.3 is 30.3 Å². The Labute approximate surface area is 255 Å². The van der Waals surface area contributed by atoms with Crippen LogP contribution in [-0.2, 0) is 17.7 Å². The molecule has 1 saturated heterocycles. The zero-order chi connectivity index (χ0) is 30.7. The smallest absolute Gasteiger partial charge is 0.410 e. The number of hydrogen-bond acceptors (Lipinski definition) is 8. The van der Waals surface area contributed by atoms with E-state index >= 15 is 0 Å². The third-order valence-corrected chi connectivity index (χ3v) is 8.72. The molecule has 3 aliphatic rings. The molecule has 0 bridgehead atoms. The molecule has 0 unspecified atom stereocenters. The number of fused-ring (bicyclic) bond motifs is 1. The lowest BCUT2D eigenvalue weighted by molar-refractivity contribution is 0.0111. The molecule has 10 nitrogen and oxygen atoms in total. The summed E-state index contributed by atoms with van der Waals surface area (Å²) < 4.78 is 5.71. The quantitative estimate of drug-likeness (QED) is 0.403. The van der Waals surface area contributed by atoms with Crippen molar-refractivity contribution >= 4 is 23.6 Å². The molecule has 1 aliphatic carbocycles. The molecule has 234 valence electrons. The molecular weight excluding hydrogens is 544 g/mol. The number of piperazine rings is 1. The summed E-state index contributed by atoms with van der Waals surface area (Å²) in [5, 5.41) is 16.6. The fourth-order valence-corrected chi connectivity index (χ4v) is 5.99. The Morgan fingerprint density at radius 3 is 2.47 bits per heavy atom. The van der Waals surface area contributed by atoms with Crippen molar-refractivity contribution in [3.8, 4) is 5.75 Å². The minimum absolute atomic E-state index is 0.145. The third kappa shape index (κ3) is 7.90. The van der Waals surface area contributed by atoms with Crippen LogP contribution >= 0.6 is 0 Å². The van der Waals surface area contributed by atoms with Crippen molar-refractivity contribution in [2.45, 2.75) is 97.0 Å². The first-order valence-corrected chi connectivity index (χ1v) is 15.8. The maximum Gasteiger partial charge on any atom is 0.410 e. The summed E-state index contributed by atoms with van der Waals surface area (Å²) in [6.07, 6.45) is 4.28. The van der Waals surface area contributed by atoms with Crippen LogP contribution in [0.4, 0.5) is 16.4 Å². The number of anilines is 2. The second-order valence-corrected chi connectivity index (χ2v) is 13.5. The highest BCUT2D eigenvalue weighted by atomic mass is 16.6. The average Bonchev–Trinajstić information content (AvgIpc) is 2.93. The number of carbonyl (C=O) groups is 2. The van der Waals surface area contributed by atoms with Crippen LogP contribution in [0.1, 0.15) is 81.8 Å². The molecule has 2 amide bonds. The van der Waals surface area contributed by atoms with Crippen molar-refractivity contribution < 1.29 is 19.4 Å². The molecule has 3 heterocycles. The Bertz CT molecular complexity index is 1300. The number of nitrogens with zero attached hydrogens (tertiary/aromatic N) is 4. The number of hydrogen-bond donors (Lipinski definition) is 3. The van der Waals surface area contributed by atoms with Crippen molar-refractivity contribution in [1.29, 1.82) is 0 Å². The Morgan fingerprint density at radius 1 is 1.07 bits per heavy atom. The number of carbonyl (C=O) groups excluding carboxylic acids is 2. The Hall–Kier alpha value is -3.53. The fourth-order valence-electron chi connectivity index (χ4n) is 5.99. The van der Waals surface area contributed by atoms with Gasteiger partial charge in [-0.3, -0.25) is 9.69 Å². The lowest BCUT2D eigenvalue weighted by Gasteiger charge is -2.38. The first-order chi connectivity index (χ1) is 20.4. The van der Waals surface area contributed by atoms with Crippen molar-refractivity contribution in [1.82, 2.24) is 20.1 Å². The van der Waals surface area contributed by atoms with Gasteiger partial charge in [0.15, 0.2) is 0 Å². The average molecular weight is 593 g/mol. The molecule has 1 aromatic heterocycles. The summed E-state index contributed by atoms with van der Waals surface area (Å²) in [4.78, 5) is 38.0. The zero-order valence-corrected chi connectivity index (χ0v) is 26.4. The van der Waals surface area contributed by atoms with E-state index in [0.29, 0.717) is 43.6 Å². The number of ether oxygens (including phenoxy) is 1. The predicted octanol–water partition coefficient (Wildman–Crippen LogP) is 4.76. The highest BCUT2D eigenvalue weighted by molar-refractivity contribution is 5.95. The SMILES string of the molecule is CC(C)N1CCN(c2cc(C(=O)NCC[C@@H]3Cc4ccc(O)cc4CN3C(=O)OC(C)(C)C)cc(NC3CCC3)n2)CC1. The predicted molar refractivity (Wildman–Crippen MR) is 169 cm³/mol. The van der Waals surface area contributed by atoms with Gasteiger partial charge in [0, 0.05) is 63.0 Å². The van der Waals surface area contributed by atoms with Crippen LogP contribution in [0.3, 0.4) is 0 Å². The monoisotopic (exact) mass is 592 g/mol. The molecular formula is C33H48N6O4. The van der Waals surface area contributed by atoms with E-state index in [-0.39, 0.29) is 23.8 Å². The molecule has 10 heteroatoms. The van der Waals surface area contributed by atoms with Gasteiger partial charge in [-0.05, 0) is 102 Å². The van der Waals surface area contributed by atoms with Gasteiger partial charge in [-0.1, -0.05) is 6.07 Å². The maximum atomic E-state index is 13.5. The molecule has 1 aromatic carbocycles.